The Morgan fingerprint density at radius 2 is 1.74 bits per heavy atom. The van der Waals surface area contributed by atoms with Crippen molar-refractivity contribution in [1.82, 2.24) is 5.32 Å². The SMILES string of the molecule is C=CCN(c1ccccc1Cl)S(=O)(=O)c1cccc(C(=O)NCc2cccc(Cl)c2)c1. The fourth-order valence-electron chi connectivity index (χ4n) is 2.95. The summed E-state index contributed by atoms with van der Waals surface area (Å²) >= 11 is 12.2. The third kappa shape index (κ3) is 5.47. The topological polar surface area (TPSA) is 66.5 Å². The molecule has 0 bridgehead atoms. The summed E-state index contributed by atoms with van der Waals surface area (Å²) in [6, 6.07) is 19.6. The summed E-state index contributed by atoms with van der Waals surface area (Å²) in [4.78, 5) is 12.6. The molecule has 0 atom stereocenters. The zero-order valence-electron chi connectivity index (χ0n) is 16.5. The van der Waals surface area contributed by atoms with E-state index in [-0.39, 0.29) is 23.5 Å². The molecule has 160 valence electrons. The minimum atomic E-state index is -3.99. The van der Waals surface area contributed by atoms with Crippen molar-refractivity contribution in [3.05, 3.63) is 107 Å². The molecule has 0 aliphatic heterocycles. The number of anilines is 1. The first-order valence-corrected chi connectivity index (χ1v) is 11.5. The number of nitrogens with one attached hydrogen (secondary N) is 1. The van der Waals surface area contributed by atoms with Crippen LogP contribution in [0.25, 0.3) is 0 Å². The van der Waals surface area contributed by atoms with E-state index in [1.54, 1.807) is 48.5 Å². The molecule has 8 heteroatoms. The summed E-state index contributed by atoms with van der Waals surface area (Å²) in [5.41, 5.74) is 1.39. The Hall–Kier alpha value is -2.80. The summed E-state index contributed by atoms with van der Waals surface area (Å²) < 4.78 is 27.8. The molecular formula is C23H20Cl2N2O3S. The van der Waals surface area contributed by atoms with Gasteiger partial charge >= 0.3 is 0 Å². The quantitative estimate of drug-likeness (QED) is 0.450. The van der Waals surface area contributed by atoms with Crippen LogP contribution in [-0.4, -0.2) is 20.9 Å². The summed E-state index contributed by atoms with van der Waals surface area (Å²) in [6.45, 7) is 3.93. The molecule has 3 rings (SSSR count). The number of sulfonamides is 1. The second kappa shape index (κ2) is 10.0. The molecular weight excluding hydrogens is 455 g/mol. The summed E-state index contributed by atoms with van der Waals surface area (Å²) in [6.07, 6.45) is 1.47. The van der Waals surface area contributed by atoms with Gasteiger partial charge in [-0.1, -0.05) is 59.6 Å². The number of nitrogens with zero attached hydrogens (tertiary/aromatic N) is 1. The molecule has 0 heterocycles. The molecule has 0 saturated heterocycles. The third-order valence-corrected chi connectivity index (χ3v) is 6.77. The second-order valence-corrected chi connectivity index (χ2v) is 9.32. The number of hydrogen-bond acceptors (Lipinski definition) is 3. The maximum atomic E-state index is 13.3. The highest BCUT2D eigenvalue weighted by atomic mass is 35.5. The maximum absolute atomic E-state index is 13.3. The first-order chi connectivity index (χ1) is 14.8. The van der Waals surface area contributed by atoms with Gasteiger partial charge in [0.05, 0.1) is 22.2 Å². The van der Waals surface area contributed by atoms with Gasteiger partial charge in [-0.15, -0.1) is 6.58 Å². The van der Waals surface area contributed by atoms with Crippen molar-refractivity contribution in [2.45, 2.75) is 11.4 Å². The Bertz CT molecular complexity index is 1210. The molecule has 0 radical (unpaired) electrons. The van der Waals surface area contributed by atoms with Crippen molar-refractivity contribution in [1.29, 1.82) is 0 Å². The smallest absolute Gasteiger partial charge is 0.264 e. The lowest BCUT2D eigenvalue weighted by Crippen LogP contribution is -2.31. The summed E-state index contributed by atoms with van der Waals surface area (Å²) in [5, 5.41) is 3.64. The van der Waals surface area contributed by atoms with Crippen LogP contribution < -0.4 is 9.62 Å². The molecule has 0 aromatic heterocycles. The lowest BCUT2D eigenvalue weighted by molar-refractivity contribution is 0.0950. The van der Waals surface area contributed by atoms with Gasteiger partial charge in [-0.25, -0.2) is 8.42 Å². The highest BCUT2D eigenvalue weighted by Gasteiger charge is 2.26. The molecule has 3 aromatic carbocycles. The Balaban J connectivity index is 1.87. The minimum Gasteiger partial charge on any atom is -0.348 e. The van der Waals surface area contributed by atoms with E-state index in [0.29, 0.717) is 15.7 Å². The lowest BCUT2D eigenvalue weighted by atomic mass is 10.2. The predicted octanol–water partition coefficient (Wildman–Crippen LogP) is 5.30. The van der Waals surface area contributed by atoms with E-state index in [1.165, 1.54) is 24.3 Å². The number of rotatable bonds is 8. The van der Waals surface area contributed by atoms with Gasteiger partial charge in [0.15, 0.2) is 0 Å². The normalized spacial score (nSPS) is 11.0. The van der Waals surface area contributed by atoms with Crippen molar-refractivity contribution in [3.8, 4) is 0 Å². The fraction of sp³-hybridized carbons (Fsp3) is 0.0870. The number of carbonyl (C=O) groups is 1. The van der Waals surface area contributed by atoms with Crippen LogP contribution in [0.4, 0.5) is 5.69 Å². The van der Waals surface area contributed by atoms with Crippen LogP contribution in [-0.2, 0) is 16.6 Å². The fourth-order valence-corrected chi connectivity index (χ4v) is 4.96. The van der Waals surface area contributed by atoms with E-state index >= 15 is 0 Å². The van der Waals surface area contributed by atoms with Gasteiger partial charge in [0, 0.05) is 17.1 Å². The van der Waals surface area contributed by atoms with Crippen LogP contribution in [0.5, 0.6) is 0 Å². The number of hydrogen-bond donors (Lipinski definition) is 1. The Kier molecular flexibility index (Phi) is 7.38. The van der Waals surface area contributed by atoms with Crippen LogP contribution >= 0.6 is 23.2 Å². The van der Waals surface area contributed by atoms with Crippen LogP contribution in [0.15, 0.2) is 90.3 Å². The maximum Gasteiger partial charge on any atom is 0.264 e. The van der Waals surface area contributed by atoms with Crippen molar-refractivity contribution < 1.29 is 13.2 Å². The van der Waals surface area contributed by atoms with E-state index in [1.807, 2.05) is 6.07 Å². The predicted molar refractivity (Wildman–Crippen MR) is 125 cm³/mol. The van der Waals surface area contributed by atoms with Gasteiger partial charge < -0.3 is 5.32 Å². The minimum absolute atomic E-state index is 0.0234. The van der Waals surface area contributed by atoms with Crippen LogP contribution in [0.3, 0.4) is 0 Å². The molecule has 1 amide bonds. The van der Waals surface area contributed by atoms with Gasteiger partial charge in [-0.2, -0.15) is 0 Å². The van der Waals surface area contributed by atoms with E-state index in [9.17, 15) is 13.2 Å². The van der Waals surface area contributed by atoms with Gasteiger partial charge in [-0.3, -0.25) is 9.10 Å². The number of carbonyl (C=O) groups excluding carboxylic acids is 1. The van der Waals surface area contributed by atoms with Crippen molar-refractivity contribution in [3.63, 3.8) is 0 Å². The average Bonchev–Trinajstić information content (AvgIpc) is 2.76. The first kappa shape index (κ1) is 22.9. The molecule has 5 nitrogen and oxygen atoms in total. The van der Waals surface area contributed by atoms with Crippen LogP contribution in [0, 0.1) is 0 Å². The molecule has 3 aromatic rings. The lowest BCUT2D eigenvalue weighted by Gasteiger charge is -2.24. The Labute approximate surface area is 192 Å². The largest absolute Gasteiger partial charge is 0.348 e. The number of benzene rings is 3. The van der Waals surface area contributed by atoms with Gasteiger partial charge in [-0.05, 0) is 48.0 Å². The molecule has 0 fully saturated rings. The van der Waals surface area contributed by atoms with Crippen molar-refractivity contribution in [2.24, 2.45) is 0 Å². The second-order valence-electron chi connectivity index (χ2n) is 6.62. The molecule has 0 saturated carbocycles. The average molecular weight is 475 g/mol. The highest BCUT2D eigenvalue weighted by molar-refractivity contribution is 7.92. The van der Waals surface area contributed by atoms with Crippen molar-refractivity contribution >= 4 is 44.8 Å². The van der Waals surface area contributed by atoms with Crippen LogP contribution in [0.2, 0.25) is 10.0 Å². The number of para-hydroxylation sites is 1. The third-order valence-electron chi connectivity index (χ3n) is 4.44. The van der Waals surface area contributed by atoms with Crippen molar-refractivity contribution in [2.75, 3.05) is 10.8 Å². The molecule has 0 spiro atoms. The Morgan fingerprint density at radius 3 is 2.45 bits per heavy atom. The standard InChI is InChI=1S/C23H20Cl2N2O3S/c1-2-13-27(22-12-4-3-11-21(22)25)31(29,30)20-10-6-8-18(15-20)23(28)26-16-17-7-5-9-19(24)14-17/h2-12,14-15H,1,13,16H2,(H,26,28). The summed E-state index contributed by atoms with van der Waals surface area (Å²) in [5.74, 6) is -0.398. The van der Waals surface area contributed by atoms with Gasteiger partial charge in [0.25, 0.3) is 15.9 Å². The van der Waals surface area contributed by atoms with Gasteiger partial charge in [0.1, 0.15) is 0 Å². The highest BCUT2D eigenvalue weighted by Crippen LogP contribution is 2.30. The molecule has 0 aliphatic carbocycles. The van der Waals surface area contributed by atoms with E-state index < -0.39 is 15.9 Å². The molecule has 31 heavy (non-hydrogen) atoms. The first-order valence-electron chi connectivity index (χ1n) is 9.34. The van der Waals surface area contributed by atoms with Crippen LogP contribution in [0.1, 0.15) is 15.9 Å². The summed E-state index contributed by atoms with van der Waals surface area (Å²) in [7, 11) is -3.99. The van der Waals surface area contributed by atoms with Gasteiger partial charge in [0.2, 0.25) is 0 Å². The monoisotopic (exact) mass is 474 g/mol. The zero-order chi connectivity index (χ0) is 22.4. The van der Waals surface area contributed by atoms with E-state index in [0.717, 1.165) is 9.87 Å². The Morgan fingerprint density at radius 1 is 1.00 bits per heavy atom. The number of halogens is 2. The molecule has 0 aliphatic rings. The number of amides is 1. The zero-order valence-corrected chi connectivity index (χ0v) is 18.8. The molecule has 0 unspecified atom stereocenters. The molecule has 1 N–H and O–H groups in total. The van der Waals surface area contributed by atoms with E-state index in [2.05, 4.69) is 11.9 Å². The van der Waals surface area contributed by atoms with E-state index in [4.69, 9.17) is 23.2 Å².